The van der Waals surface area contributed by atoms with Gasteiger partial charge < -0.3 is 10.3 Å². The SMILES string of the molecule is Cn1cc(-c2cnc(CCNC3CC3)[nH]2)cn1. The summed E-state index contributed by atoms with van der Waals surface area (Å²) in [5.41, 5.74) is 2.13. The second-order valence-corrected chi connectivity index (χ2v) is 4.62. The molecule has 5 nitrogen and oxygen atoms in total. The summed E-state index contributed by atoms with van der Waals surface area (Å²) in [6, 6.07) is 0.766. The molecule has 0 radical (unpaired) electrons. The maximum absolute atomic E-state index is 4.39. The van der Waals surface area contributed by atoms with Crippen molar-refractivity contribution < 1.29 is 0 Å². The first-order chi connectivity index (χ1) is 8.31. The lowest BCUT2D eigenvalue weighted by Crippen LogP contribution is -2.19. The second kappa shape index (κ2) is 4.33. The van der Waals surface area contributed by atoms with Gasteiger partial charge in [-0.05, 0) is 12.8 Å². The van der Waals surface area contributed by atoms with Crippen LogP contribution in [0.3, 0.4) is 0 Å². The van der Waals surface area contributed by atoms with Gasteiger partial charge >= 0.3 is 0 Å². The van der Waals surface area contributed by atoms with Crippen molar-refractivity contribution in [1.82, 2.24) is 25.1 Å². The molecule has 17 heavy (non-hydrogen) atoms. The highest BCUT2D eigenvalue weighted by molar-refractivity contribution is 5.55. The molecule has 0 saturated heterocycles. The number of nitrogens with one attached hydrogen (secondary N) is 2. The summed E-state index contributed by atoms with van der Waals surface area (Å²) >= 11 is 0. The molecule has 0 atom stereocenters. The smallest absolute Gasteiger partial charge is 0.107 e. The number of hydrogen-bond acceptors (Lipinski definition) is 3. The summed E-state index contributed by atoms with van der Waals surface area (Å²) in [6.07, 6.45) is 9.33. The summed E-state index contributed by atoms with van der Waals surface area (Å²) in [4.78, 5) is 7.72. The third-order valence-electron chi connectivity index (χ3n) is 3.02. The summed E-state index contributed by atoms with van der Waals surface area (Å²) in [5, 5.41) is 7.63. The molecule has 0 bridgehead atoms. The van der Waals surface area contributed by atoms with Gasteiger partial charge in [0, 0.05) is 37.8 Å². The Bertz CT molecular complexity index is 494. The molecule has 0 aromatic carbocycles. The van der Waals surface area contributed by atoms with Gasteiger partial charge in [0.05, 0.1) is 18.1 Å². The molecule has 0 amide bonds. The fourth-order valence-corrected chi connectivity index (χ4v) is 1.88. The molecule has 0 spiro atoms. The van der Waals surface area contributed by atoms with Crippen molar-refractivity contribution >= 4 is 0 Å². The summed E-state index contributed by atoms with van der Waals surface area (Å²) in [6.45, 7) is 1.00. The second-order valence-electron chi connectivity index (χ2n) is 4.62. The lowest BCUT2D eigenvalue weighted by molar-refractivity contribution is 0.669. The number of aryl methyl sites for hydroxylation is 1. The minimum atomic E-state index is 0.766. The van der Waals surface area contributed by atoms with Crippen LogP contribution in [0.4, 0.5) is 0 Å². The highest BCUT2D eigenvalue weighted by Crippen LogP contribution is 2.18. The van der Waals surface area contributed by atoms with Crippen LogP contribution >= 0.6 is 0 Å². The quantitative estimate of drug-likeness (QED) is 0.810. The highest BCUT2D eigenvalue weighted by Gasteiger charge is 2.19. The van der Waals surface area contributed by atoms with Gasteiger partial charge in [-0.15, -0.1) is 0 Å². The molecule has 5 heteroatoms. The Labute approximate surface area is 100 Å². The van der Waals surface area contributed by atoms with Gasteiger partial charge in [-0.3, -0.25) is 4.68 Å². The molecule has 2 N–H and O–H groups in total. The summed E-state index contributed by atoms with van der Waals surface area (Å²) < 4.78 is 1.80. The lowest BCUT2D eigenvalue weighted by Gasteiger charge is -1.99. The van der Waals surface area contributed by atoms with Crippen LogP contribution in [0.2, 0.25) is 0 Å². The zero-order valence-corrected chi connectivity index (χ0v) is 9.98. The Hall–Kier alpha value is -1.62. The fraction of sp³-hybridized carbons (Fsp3) is 0.500. The van der Waals surface area contributed by atoms with Gasteiger partial charge in [-0.25, -0.2) is 4.98 Å². The minimum Gasteiger partial charge on any atom is -0.342 e. The number of nitrogens with zero attached hydrogens (tertiary/aromatic N) is 3. The number of hydrogen-bond donors (Lipinski definition) is 2. The van der Waals surface area contributed by atoms with E-state index in [2.05, 4.69) is 20.4 Å². The summed E-state index contributed by atoms with van der Waals surface area (Å²) in [7, 11) is 1.92. The average Bonchev–Trinajstić information content (AvgIpc) is 2.85. The third-order valence-corrected chi connectivity index (χ3v) is 3.02. The van der Waals surface area contributed by atoms with Crippen molar-refractivity contribution in [2.24, 2.45) is 7.05 Å². The number of aromatic amines is 1. The van der Waals surface area contributed by atoms with E-state index in [9.17, 15) is 0 Å². The van der Waals surface area contributed by atoms with Crippen molar-refractivity contribution in [1.29, 1.82) is 0 Å². The maximum atomic E-state index is 4.39. The van der Waals surface area contributed by atoms with Crippen molar-refractivity contribution in [3.63, 3.8) is 0 Å². The topological polar surface area (TPSA) is 58.5 Å². The Morgan fingerprint density at radius 1 is 1.47 bits per heavy atom. The van der Waals surface area contributed by atoms with Gasteiger partial charge in [0.2, 0.25) is 0 Å². The van der Waals surface area contributed by atoms with Crippen molar-refractivity contribution in [3.05, 3.63) is 24.4 Å². The Balaban J connectivity index is 1.61. The van der Waals surface area contributed by atoms with E-state index in [0.29, 0.717) is 0 Å². The minimum absolute atomic E-state index is 0.766. The van der Waals surface area contributed by atoms with Crippen LogP contribution in [0.25, 0.3) is 11.3 Å². The summed E-state index contributed by atoms with van der Waals surface area (Å²) in [5.74, 6) is 1.04. The fourth-order valence-electron chi connectivity index (χ4n) is 1.88. The van der Waals surface area contributed by atoms with Crippen LogP contribution in [-0.2, 0) is 13.5 Å². The predicted octanol–water partition coefficient (Wildman–Crippen LogP) is 1.10. The number of rotatable bonds is 5. The van der Waals surface area contributed by atoms with Crippen LogP contribution < -0.4 is 5.32 Å². The van der Waals surface area contributed by atoms with Crippen LogP contribution in [0.1, 0.15) is 18.7 Å². The Morgan fingerprint density at radius 3 is 3.06 bits per heavy atom. The van der Waals surface area contributed by atoms with Gasteiger partial charge in [0.15, 0.2) is 0 Å². The molecule has 2 heterocycles. The molecule has 2 aromatic heterocycles. The molecule has 90 valence electrons. The van der Waals surface area contributed by atoms with E-state index in [0.717, 1.165) is 36.1 Å². The van der Waals surface area contributed by atoms with Crippen molar-refractivity contribution in [2.45, 2.75) is 25.3 Å². The van der Waals surface area contributed by atoms with E-state index in [4.69, 9.17) is 0 Å². The van der Waals surface area contributed by atoms with E-state index in [-0.39, 0.29) is 0 Å². The molecule has 1 aliphatic rings. The van der Waals surface area contributed by atoms with Gasteiger partial charge in [0.25, 0.3) is 0 Å². The number of imidazole rings is 1. The standard InChI is InChI=1S/C12H17N5/c1-17-8-9(6-15-17)11-7-14-12(16-11)4-5-13-10-2-3-10/h6-8,10,13H,2-5H2,1H3,(H,14,16). The third kappa shape index (κ3) is 2.55. The first-order valence-electron chi connectivity index (χ1n) is 6.07. The zero-order valence-electron chi connectivity index (χ0n) is 9.98. The van der Waals surface area contributed by atoms with Gasteiger partial charge in [-0.2, -0.15) is 5.10 Å². The molecule has 1 aliphatic carbocycles. The predicted molar refractivity (Wildman–Crippen MR) is 65.5 cm³/mol. The van der Waals surface area contributed by atoms with Crippen LogP contribution in [-0.4, -0.2) is 32.3 Å². The van der Waals surface area contributed by atoms with Gasteiger partial charge in [0.1, 0.15) is 5.82 Å². The van der Waals surface area contributed by atoms with Crippen LogP contribution in [0, 0.1) is 0 Å². The first kappa shape index (κ1) is 10.5. The maximum Gasteiger partial charge on any atom is 0.107 e. The molecule has 2 aromatic rings. The largest absolute Gasteiger partial charge is 0.342 e. The first-order valence-corrected chi connectivity index (χ1v) is 6.07. The average molecular weight is 231 g/mol. The van der Waals surface area contributed by atoms with E-state index in [1.165, 1.54) is 12.8 Å². The molecule has 3 rings (SSSR count). The molecular formula is C12H17N5. The molecule has 0 unspecified atom stereocenters. The number of aromatic nitrogens is 4. The number of H-pyrrole nitrogens is 1. The molecule has 1 saturated carbocycles. The Morgan fingerprint density at radius 2 is 2.35 bits per heavy atom. The zero-order chi connectivity index (χ0) is 11.7. The monoisotopic (exact) mass is 231 g/mol. The van der Waals surface area contributed by atoms with Crippen LogP contribution in [0.15, 0.2) is 18.6 Å². The molecule has 1 fully saturated rings. The lowest BCUT2D eigenvalue weighted by atomic mass is 10.3. The molecule has 0 aliphatic heterocycles. The van der Waals surface area contributed by atoms with Crippen LogP contribution in [0.5, 0.6) is 0 Å². The van der Waals surface area contributed by atoms with E-state index >= 15 is 0 Å². The Kier molecular flexibility index (Phi) is 2.68. The van der Waals surface area contributed by atoms with Crippen molar-refractivity contribution in [2.75, 3.05) is 6.54 Å². The van der Waals surface area contributed by atoms with E-state index in [1.54, 1.807) is 4.68 Å². The highest BCUT2D eigenvalue weighted by atomic mass is 15.2. The molecular weight excluding hydrogens is 214 g/mol. The van der Waals surface area contributed by atoms with Gasteiger partial charge in [-0.1, -0.05) is 0 Å². The van der Waals surface area contributed by atoms with Crippen molar-refractivity contribution in [3.8, 4) is 11.3 Å². The van der Waals surface area contributed by atoms with E-state index < -0.39 is 0 Å². The normalized spacial score (nSPS) is 15.4. The van der Waals surface area contributed by atoms with E-state index in [1.807, 2.05) is 25.6 Å².